The van der Waals surface area contributed by atoms with E-state index in [2.05, 4.69) is 6.07 Å². The molecule has 2 rings (SSSR count). The van der Waals surface area contributed by atoms with Crippen LogP contribution in [0.5, 0.6) is 0 Å². The molecule has 5 heteroatoms. The summed E-state index contributed by atoms with van der Waals surface area (Å²) >= 11 is 0. The Kier molecular flexibility index (Phi) is 6.28. The highest BCUT2D eigenvalue weighted by Gasteiger charge is 2.24. The molecule has 5 nitrogen and oxygen atoms in total. The van der Waals surface area contributed by atoms with Gasteiger partial charge in [0.2, 0.25) is 0 Å². The Morgan fingerprint density at radius 3 is 2.62 bits per heavy atom. The van der Waals surface area contributed by atoms with Gasteiger partial charge in [0.1, 0.15) is 12.5 Å². The zero-order chi connectivity index (χ0) is 17.4. The van der Waals surface area contributed by atoms with Crippen LogP contribution in [0.25, 0.3) is 6.08 Å². The highest BCUT2D eigenvalue weighted by molar-refractivity contribution is 6.04. The van der Waals surface area contributed by atoms with Crippen LogP contribution >= 0.6 is 0 Å². The van der Waals surface area contributed by atoms with Crippen LogP contribution < -0.4 is 0 Å². The van der Waals surface area contributed by atoms with Crippen molar-refractivity contribution in [2.75, 3.05) is 0 Å². The van der Waals surface area contributed by atoms with Crippen LogP contribution in [0.1, 0.15) is 43.2 Å². The Hall–Kier alpha value is -2.92. The van der Waals surface area contributed by atoms with E-state index in [4.69, 9.17) is 15.3 Å². The molecule has 0 aromatic heterocycles. The first-order valence-corrected chi connectivity index (χ1v) is 7.91. The maximum absolute atomic E-state index is 11.8. The minimum atomic E-state index is -0.532. The van der Waals surface area contributed by atoms with Gasteiger partial charge >= 0.3 is 5.97 Å². The van der Waals surface area contributed by atoms with Crippen LogP contribution in [0.4, 0.5) is 0 Å². The van der Waals surface area contributed by atoms with Gasteiger partial charge in [-0.15, -0.1) is 0 Å². The molecule has 0 saturated heterocycles. The van der Waals surface area contributed by atoms with E-state index < -0.39 is 5.97 Å². The predicted octanol–water partition coefficient (Wildman–Crippen LogP) is 3.16. The maximum Gasteiger partial charge on any atom is 0.313 e. The summed E-state index contributed by atoms with van der Waals surface area (Å²) in [6.45, 7) is 0. The van der Waals surface area contributed by atoms with Gasteiger partial charge in [-0.2, -0.15) is 10.5 Å². The number of hydrogen-bond acceptors (Lipinski definition) is 5. The molecule has 1 aliphatic carbocycles. The first-order chi connectivity index (χ1) is 11.6. The molecule has 0 unspecified atom stereocenters. The Balaban J connectivity index is 1.79. The van der Waals surface area contributed by atoms with Crippen molar-refractivity contribution in [3.05, 3.63) is 41.5 Å². The van der Waals surface area contributed by atoms with Crippen molar-refractivity contribution in [2.24, 2.45) is 5.92 Å². The predicted molar refractivity (Wildman–Crippen MR) is 87.3 cm³/mol. The molecule has 0 N–H and O–H groups in total. The minimum Gasteiger partial charge on any atom is -0.462 e. The Morgan fingerprint density at radius 1 is 1.21 bits per heavy atom. The van der Waals surface area contributed by atoms with Crippen molar-refractivity contribution in [3.63, 3.8) is 0 Å². The van der Waals surface area contributed by atoms with Crippen molar-refractivity contribution >= 4 is 17.8 Å². The smallest absolute Gasteiger partial charge is 0.313 e. The zero-order valence-electron chi connectivity index (χ0n) is 13.3. The molecule has 1 fully saturated rings. The quantitative estimate of drug-likeness (QED) is 0.472. The van der Waals surface area contributed by atoms with E-state index in [-0.39, 0.29) is 24.2 Å². The highest BCUT2D eigenvalue weighted by Crippen LogP contribution is 2.25. The number of hydrogen-bond donors (Lipinski definition) is 0. The van der Waals surface area contributed by atoms with Crippen molar-refractivity contribution < 1.29 is 14.3 Å². The Bertz CT molecular complexity index is 717. The highest BCUT2D eigenvalue weighted by atomic mass is 16.5. The van der Waals surface area contributed by atoms with Gasteiger partial charge in [-0.05, 0) is 49.5 Å². The standard InChI is InChI=1S/C19H18N2O3/c20-12-15-5-8-18(9-6-15)24-19(23)11-17(22)7-4-14-2-1-3-16(10-14)13-21/h1-4,7,10,15,18H,5-6,8-9,11H2. The average molecular weight is 322 g/mol. The second-order valence-electron chi connectivity index (χ2n) is 5.81. The second kappa shape index (κ2) is 8.64. The molecule has 122 valence electrons. The van der Waals surface area contributed by atoms with E-state index >= 15 is 0 Å². The minimum absolute atomic E-state index is 0.0497. The lowest BCUT2D eigenvalue weighted by Gasteiger charge is -2.24. The normalized spacial score (nSPS) is 20.1. The molecule has 0 bridgehead atoms. The number of rotatable bonds is 5. The fourth-order valence-corrected chi connectivity index (χ4v) is 2.64. The molecule has 0 amide bonds. The Labute approximate surface area is 141 Å². The summed E-state index contributed by atoms with van der Waals surface area (Å²) in [5.74, 6) is -0.822. The average Bonchev–Trinajstić information content (AvgIpc) is 2.60. The van der Waals surface area contributed by atoms with Crippen LogP contribution in [0, 0.1) is 28.6 Å². The SMILES string of the molecule is N#Cc1cccc(C=CC(=O)CC(=O)OC2CCC(C#N)CC2)c1. The molecule has 0 atom stereocenters. The Morgan fingerprint density at radius 2 is 1.96 bits per heavy atom. The van der Waals surface area contributed by atoms with Crippen LogP contribution in [0.2, 0.25) is 0 Å². The lowest BCUT2D eigenvalue weighted by molar-refractivity contribution is -0.151. The molecule has 1 aliphatic rings. The largest absolute Gasteiger partial charge is 0.462 e. The number of benzene rings is 1. The van der Waals surface area contributed by atoms with Crippen LogP contribution in [0.15, 0.2) is 30.3 Å². The van der Waals surface area contributed by atoms with Gasteiger partial charge in [-0.25, -0.2) is 0 Å². The number of ketones is 1. The van der Waals surface area contributed by atoms with E-state index in [1.807, 2.05) is 6.07 Å². The summed E-state index contributed by atoms with van der Waals surface area (Å²) in [4.78, 5) is 23.6. The molecule has 0 heterocycles. The van der Waals surface area contributed by atoms with E-state index in [0.29, 0.717) is 18.4 Å². The third kappa shape index (κ3) is 5.37. The summed E-state index contributed by atoms with van der Waals surface area (Å²) in [6, 6.07) is 11.1. The molecule has 1 saturated carbocycles. The summed E-state index contributed by atoms with van der Waals surface area (Å²) in [7, 11) is 0. The molecule has 1 aromatic rings. The van der Waals surface area contributed by atoms with Crippen molar-refractivity contribution in [3.8, 4) is 12.1 Å². The molecule has 0 spiro atoms. The molecule has 1 aromatic carbocycles. The molecule has 0 radical (unpaired) electrons. The second-order valence-corrected chi connectivity index (χ2v) is 5.81. The number of allylic oxidation sites excluding steroid dienone is 1. The summed E-state index contributed by atoms with van der Waals surface area (Å²) in [5, 5.41) is 17.7. The van der Waals surface area contributed by atoms with Gasteiger partial charge in [0.25, 0.3) is 0 Å². The zero-order valence-corrected chi connectivity index (χ0v) is 13.3. The summed E-state index contributed by atoms with van der Waals surface area (Å²) in [5.41, 5.74) is 1.24. The number of carbonyl (C=O) groups is 2. The van der Waals surface area contributed by atoms with Gasteiger partial charge in [0, 0.05) is 5.92 Å². The maximum atomic E-state index is 11.8. The monoisotopic (exact) mass is 322 g/mol. The van der Waals surface area contributed by atoms with E-state index in [9.17, 15) is 9.59 Å². The molecular formula is C19H18N2O3. The lowest BCUT2D eigenvalue weighted by Crippen LogP contribution is -2.24. The van der Waals surface area contributed by atoms with E-state index in [0.717, 1.165) is 18.4 Å². The van der Waals surface area contributed by atoms with Gasteiger partial charge in [-0.1, -0.05) is 18.2 Å². The third-order valence-corrected chi connectivity index (χ3v) is 3.95. The fraction of sp³-hybridized carbons (Fsp3) is 0.368. The first kappa shape index (κ1) is 17.4. The van der Waals surface area contributed by atoms with Gasteiger partial charge in [0.15, 0.2) is 5.78 Å². The molecular weight excluding hydrogens is 304 g/mol. The van der Waals surface area contributed by atoms with Crippen LogP contribution in [-0.4, -0.2) is 17.9 Å². The van der Waals surface area contributed by atoms with Crippen molar-refractivity contribution in [1.29, 1.82) is 10.5 Å². The number of esters is 1. The van der Waals surface area contributed by atoms with Gasteiger partial charge in [-0.3, -0.25) is 9.59 Å². The number of nitriles is 2. The van der Waals surface area contributed by atoms with Crippen LogP contribution in [0.3, 0.4) is 0 Å². The van der Waals surface area contributed by atoms with E-state index in [1.165, 1.54) is 6.08 Å². The van der Waals surface area contributed by atoms with Crippen LogP contribution in [-0.2, 0) is 14.3 Å². The number of ether oxygens (including phenoxy) is 1. The fourth-order valence-electron chi connectivity index (χ4n) is 2.64. The molecule has 0 aliphatic heterocycles. The summed E-state index contributed by atoms with van der Waals surface area (Å²) < 4.78 is 5.30. The van der Waals surface area contributed by atoms with Crippen molar-refractivity contribution in [2.45, 2.75) is 38.2 Å². The van der Waals surface area contributed by atoms with Crippen molar-refractivity contribution in [1.82, 2.24) is 0 Å². The summed E-state index contributed by atoms with van der Waals surface area (Å²) in [6.07, 6.45) is 5.23. The molecule has 24 heavy (non-hydrogen) atoms. The van der Waals surface area contributed by atoms with Gasteiger partial charge < -0.3 is 4.74 Å². The third-order valence-electron chi connectivity index (χ3n) is 3.95. The number of nitrogens with zero attached hydrogens (tertiary/aromatic N) is 2. The first-order valence-electron chi connectivity index (χ1n) is 7.91. The van der Waals surface area contributed by atoms with Gasteiger partial charge in [0.05, 0.1) is 17.7 Å². The van der Waals surface area contributed by atoms with E-state index in [1.54, 1.807) is 30.3 Å². The topological polar surface area (TPSA) is 90.9 Å². The number of carbonyl (C=O) groups excluding carboxylic acids is 2. The lowest BCUT2D eigenvalue weighted by atomic mass is 9.88.